The highest BCUT2D eigenvalue weighted by Crippen LogP contribution is 2.33. The van der Waals surface area contributed by atoms with E-state index in [4.69, 9.17) is 16.3 Å². The summed E-state index contributed by atoms with van der Waals surface area (Å²) in [5.74, 6) is 0.923. The molecule has 0 saturated carbocycles. The SMILES string of the molecule is COc1c(C)cc(Cl)cc1SC. The predicted molar refractivity (Wildman–Crippen MR) is 54.5 cm³/mol. The molecule has 0 amide bonds. The fourth-order valence-electron chi connectivity index (χ4n) is 1.11. The number of rotatable bonds is 2. The number of halogens is 1. The molecule has 3 heteroatoms. The van der Waals surface area contributed by atoms with Crippen LogP contribution in [0.4, 0.5) is 0 Å². The lowest BCUT2D eigenvalue weighted by atomic mass is 10.2. The Labute approximate surface area is 82.1 Å². The van der Waals surface area contributed by atoms with E-state index in [2.05, 4.69) is 0 Å². The summed E-state index contributed by atoms with van der Waals surface area (Å²) < 4.78 is 5.24. The average molecular weight is 203 g/mol. The molecule has 0 atom stereocenters. The largest absolute Gasteiger partial charge is 0.495 e. The molecular weight excluding hydrogens is 192 g/mol. The number of thioether (sulfide) groups is 1. The smallest absolute Gasteiger partial charge is 0.135 e. The minimum Gasteiger partial charge on any atom is -0.495 e. The number of ether oxygens (including phenoxy) is 1. The molecule has 12 heavy (non-hydrogen) atoms. The van der Waals surface area contributed by atoms with Crippen molar-refractivity contribution in [2.24, 2.45) is 0 Å². The van der Waals surface area contributed by atoms with Crippen molar-refractivity contribution >= 4 is 23.4 Å². The van der Waals surface area contributed by atoms with Gasteiger partial charge < -0.3 is 4.74 Å². The predicted octanol–water partition coefficient (Wildman–Crippen LogP) is 3.38. The zero-order chi connectivity index (χ0) is 9.14. The summed E-state index contributed by atoms with van der Waals surface area (Å²) >= 11 is 7.53. The molecule has 0 heterocycles. The van der Waals surface area contributed by atoms with Crippen molar-refractivity contribution < 1.29 is 4.74 Å². The molecule has 66 valence electrons. The molecule has 1 nitrogen and oxygen atoms in total. The molecule has 0 saturated heterocycles. The van der Waals surface area contributed by atoms with Crippen LogP contribution in [0.2, 0.25) is 5.02 Å². The number of hydrogen-bond donors (Lipinski definition) is 0. The molecule has 0 spiro atoms. The molecule has 1 rings (SSSR count). The van der Waals surface area contributed by atoms with Crippen LogP contribution in [-0.4, -0.2) is 13.4 Å². The second kappa shape index (κ2) is 4.06. The van der Waals surface area contributed by atoms with E-state index in [9.17, 15) is 0 Å². The van der Waals surface area contributed by atoms with Crippen LogP contribution in [0.1, 0.15) is 5.56 Å². The highest BCUT2D eigenvalue weighted by molar-refractivity contribution is 7.98. The van der Waals surface area contributed by atoms with Gasteiger partial charge in [-0.1, -0.05) is 11.6 Å². The standard InChI is InChI=1S/C9H11ClOS/c1-6-4-7(10)5-8(12-3)9(6)11-2/h4-5H,1-3H3. The van der Waals surface area contributed by atoms with E-state index in [-0.39, 0.29) is 0 Å². The number of aryl methyl sites for hydroxylation is 1. The topological polar surface area (TPSA) is 9.23 Å². The minimum absolute atomic E-state index is 0.762. The summed E-state index contributed by atoms with van der Waals surface area (Å²) in [7, 11) is 1.68. The van der Waals surface area contributed by atoms with Gasteiger partial charge in [-0.2, -0.15) is 0 Å². The third-order valence-corrected chi connectivity index (χ3v) is 2.59. The first-order valence-corrected chi connectivity index (χ1v) is 5.17. The van der Waals surface area contributed by atoms with Gasteiger partial charge >= 0.3 is 0 Å². The van der Waals surface area contributed by atoms with Crippen LogP contribution in [0.25, 0.3) is 0 Å². The molecule has 0 bridgehead atoms. The van der Waals surface area contributed by atoms with Crippen LogP contribution in [0.15, 0.2) is 17.0 Å². The van der Waals surface area contributed by atoms with E-state index in [0.717, 1.165) is 21.2 Å². The molecule has 0 radical (unpaired) electrons. The fraction of sp³-hybridized carbons (Fsp3) is 0.333. The first-order valence-electron chi connectivity index (χ1n) is 3.57. The van der Waals surface area contributed by atoms with Gasteiger partial charge in [-0.3, -0.25) is 0 Å². The van der Waals surface area contributed by atoms with Crippen LogP contribution in [0.3, 0.4) is 0 Å². The second-order valence-electron chi connectivity index (χ2n) is 2.46. The lowest BCUT2D eigenvalue weighted by Crippen LogP contribution is -1.89. The van der Waals surface area contributed by atoms with Gasteiger partial charge in [0.2, 0.25) is 0 Å². The highest BCUT2D eigenvalue weighted by atomic mass is 35.5. The lowest BCUT2D eigenvalue weighted by Gasteiger charge is -2.09. The molecule has 0 N–H and O–H groups in total. The Hall–Kier alpha value is -0.340. The van der Waals surface area contributed by atoms with Crippen molar-refractivity contribution in [3.8, 4) is 5.75 Å². The Bertz CT molecular complexity index is 286. The van der Waals surface area contributed by atoms with Gasteiger partial charge in [0.15, 0.2) is 0 Å². The lowest BCUT2D eigenvalue weighted by molar-refractivity contribution is 0.401. The van der Waals surface area contributed by atoms with E-state index in [1.54, 1.807) is 18.9 Å². The van der Waals surface area contributed by atoms with Crippen molar-refractivity contribution in [3.63, 3.8) is 0 Å². The second-order valence-corrected chi connectivity index (χ2v) is 3.74. The van der Waals surface area contributed by atoms with Gasteiger partial charge in [-0.05, 0) is 30.9 Å². The van der Waals surface area contributed by atoms with E-state index in [1.165, 1.54) is 0 Å². The third-order valence-electron chi connectivity index (χ3n) is 1.63. The van der Waals surface area contributed by atoms with Gasteiger partial charge in [0.05, 0.1) is 12.0 Å². The number of methoxy groups -OCH3 is 1. The quantitative estimate of drug-likeness (QED) is 0.680. The third kappa shape index (κ3) is 1.87. The van der Waals surface area contributed by atoms with Gasteiger partial charge in [-0.25, -0.2) is 0 Å². The Morgan fingerprint density at radius 3 is 2.58 bits per heavy atom. The highest BCUT2D eigenvalue weighted by Gasteiger charge is 2.06. The molecule has 0 fully saturated rings. The van der Waals surface area contributed by atoms with Crippen molar-refractivity contribution in [3.05, 3.63) is 22.7 Å². The fourth-order valence-corrected chi connectivity index (χ4v) is 2.12. The zero-order valence-corrected chi connectivity index (χ0v) is 8.92. The number of benzene rings is 1. The first kappa shape index (κ1) is 9.75. The summed E-state index contributed by atoms with van der Waals surface area (Å²) in [4.78, 5) is 1.09. The first-order chi connectivity index (χ1) is 5.69. The van der Waals surface area contributed by atoms with Crippen molar-refractivity contribution in [1.29, 1.82) is 0 Å². The molecule has 1 aromatic carbocycles. The molecule has 0 aliphatic rings. The van der Waals surface area contributed by atoms with Gasteiger partial charge in [0, 0.05) is 5.02 Å². The van der Waals surface area contributed by atoms with Crippen molar-refractivity contribution in [2.45, 2.75) is 11.8 Å². The maximum absolute atomic E-state index is 5.89. The van der Waals surface area contributed by atoms with Crippen LogP contribution in [0, 0.1) is 6.92 Å². The van der Waals surface area contributed by atoms with Crippen molar-refractivity contribution in [2.75, 3.05) is 13.4 Å². The maximum atomic E-state index is 5.89. The van der Waals surface area contributed by atoms with Crippen molar-refractivity contribution in [1.82, 2.24) is 0 Å². The monoisotopic (exact) mass is 202 g/mol. The van der Waals surface area contributed by atoms with Gasteiger partial charge in [-0.15, -0.1) is 11.8 Å². The summed E-state index contributed by atoms with van der Waals surface area (Å²) in [5, 5.41) is 0.762. The van der Waals surface area contributed by atoms with Gasteiger partial charge in [0.1, 0.15) is 5.75 Å². The molecular formula is C9H11ClOS. The van der Waals surface area contributed by atoms with Crippen LogP contribution < -0.4 is 4.74 Å². The molecule has 0 aliphatic carbocycles. The van der Waals surface area contributed by atoms with E-state index in [1.807, 2.05) is 25.3 Å². The molecule has 0 aliphatic heterocycles. The minimum atomic E-state index is 0.762. The Morgan fingerprint density at radius 2 is 2.08 bits per heavy atom. The number of hydrogen-bond acceptors (Lipinski definition) is 2. The Morgan fingerprint density at radius 1 is 1.42 bits per heavy atom. The summed E-state index contributed by atoms with van der Waals surface area (Å²) in [5.41, 5.74) is 1.08. The normalized spacial score (nSPS) is 10.0. The van der Waals surface area contributed by atoms with E-state index < -0.39 is 0 Å². The summed E-state index contributed by atoms with van der Waals surface area (Å²) in [6.07, 6.45) is 2.01. The average Bonchev–Trinajstić information content (AvgIpc) is 2.03. The van der Waals surface area contributed by atoms with Crippen LogP contribution >= 0.6 is 23.4 Å². The van der Waals surface area contributed by atoms with Crippen LogP contribution in [0.5, 0.6) is 5.75 Å². The summed E-state index contributed by atoms with van der Waals surface area (Å²) in [6, 6.07) is 3.82. The zero-order valence-electron chi connectivity index (χ0n) is 7.35. The Balaban J connectivity index is 3.24. The Kier molecular flexibility index (Phi) is 3.29. The molecule has 0 unspecified atom stereocenters. The summed E-state index contributed by atoms with van der Waals surface area (Å²) in [6.45, 7) is 1.99. The van der Waals surface area contributed by atoms with Crippen LogP contribution in [-0.2, 0) is 0 Å². The van der Waals surface area contributed by atoms with E-state index >= 15 is 0 Å². The molecule has 1 aromatic rings. The van der Waals surface area contributed by atoms with Gasteiger partial charge in [0.25, 0.3) is 0 Å². The maximum Gasteiger partial charge on any atom is 0.135 e. The molecule has 0 aromatic heterocycles. The van der Waals surface area contributed by atoms with E-state index in [0.29, 0.717) is 0 Å².